The molecule has 1 aliphatic rings. The van der Waals surface area contributed by atoms with E-state index in [1.807, 2.05) is 18.2 Å². The number of nitrogens with zero attached hydrogens (tertiary/aromatic N) is 4. The van der Waals surface area contributed by atoms with Gasteiger partial charge in [0.25, 0.3) is 0 Å². The number of anilines is 1. The zero-order chi connectivity index (χ0) is 21.6. The summed E-state index contributed by atoms with van der Waals surface area (Å²) in [4.78, 5) is 10.9. The molecule has 0 amide bonds. The molecule has 1 aromatic heterocycles. The second-order valence-corrected chi connectivity index (χ2v) is 7.77. The number of halogens is 3. The van der Waals surface area contributed by atoms with Crippen LogP contribution in [0.25, 0.3) is 11.4 Å². The first kappa shape index (κ1) is 24.2. The summed E-state index contributed by atoms with van der Waals surface area (Å²) in [5.74, 6) is 1.45. The molecule has 2 N–H and O–H groups in total. The van der Waals surface area contributed by atoms with Crippen LogP contribution < -0.4 is 15.5 Å². The van der Waals surface area contributed by atoms with Gasteiger partial charge in [-0.05, 0) is 55.3 Å². The Kier molecular flexibility index (Phi) is 8.68. The Labute approximate surface area is 208 Å². The Morgan fingerprint density at radius 2 is 1.97 bits per heavy atom. The Morgan fingerprint density at radius 3 is 2.66 bits per heavy atom. The SMILES string of the molecule is CN=C(NCc1nc(-c2ccc(Cl)cc2)no1)NC1CCN(c2cccc(F)c2)CC1.I. The Morgan fingerprint density at radius 1 is 1.22 bits per heavy atom. The van der Waals surface area contributed by atoms with E-state index in [0.717, 1.165) is 37.2 Å². The van der Waals surface area contributed by atoms with Crippen LogP contribution in [-0.2, 0) is 6.54 Å². The van der Waals surface area contributed by atoms with E-state index in [9.17, 15) is 4.39 Å². The van der Waals surface area contributed by atoms with E-state index in [0.29, 0.717) is 29.2 Å². The van der Waals surface area contributed by atoms with E-state index >= 15 is 0 Å². The summed E-state index contributed by atoms with van der Waals surface area (Å²) in [5.41, 5.74) is 1.76. The first-order valence-electron chi connectivity index (χ1n) is 10.2. The number of guanidine groups is 1. The molecular formula is C22H25ClFIN6O. The molecule has 1 saturated heterocycles. The molecule has 0 bridgehead atoms. The van der Waals surface area contributed by atoms with Gasteiger partial charge in [-0.1, -0.05) is 22.8 Å². The van der Waals surface area contributed by atoms with E-state index in [1.54, 1.807) is 31.3 Å². The Hall–Kier alpha value is -2.40. The van der Waals surface area contributed by atoms with Crippen LogP contribution in [0.4, 0.5) is 10.1 Å². The van der Waals surface area contributed by atoms with Gasteiger partial charge in [0.15, 0.2) is 5.96 Å². The third-order valence-electron chi connectivity index (χ3n) is 5.21. The maximum atomic E-state index is 13.5. The van der Waals surface area contributed by atoms with Crippen LogP contribution in [0.2, 0.25) is 5.02 Å². The fraction of sp³-hybridized carbons (Fsp3) is 0.318. The summed E-state index contributed by atoms with van der Waals surface area (Å²) in [6.45, 7) is 2.07. The summed E-state index contributed by atoms with van der Waals surface area (Å²) in [6.07, 6.45) is 1.86. The van der Waals surface area contributed by atoms with E-state index in [2.05, 4.69) is 30.7 Å². The number of benzene rings is 2. The van der Waals surface area contributed by atoms with Crippen molar-refractivity contribution in [3.05, 3.63) is 65.3 Å². The minimum atomic E-state index is -0.206. The number of hydrogen-bond acceptors (Lipinski definition) is 5. The summed E-state index contributed by atoms with van der Waals surface area (Å²) >= 11 is 5.92. The maximum absolute atomic E-state index is 13.5. The molecule has 4 rings (SSSR count). The zero-order valence-corrected chi connectivity index (χ0v) is 20.7. The van der Waals surface area contributed by atoms with E-state index in [1.165, 1.54) is 6.07 Å². The molecule has 0 aliphatic carbocycles. The molecule has 7 nitrogen and oxygen atoms in total. The topological polar surface area (TPSA) is 78.6 Å². The van der Waals surface area contributed by atoms with Gasteiger partial charge in [0.05, 0.1) is 6.54 Å². The molecule has 0 saturated carbocycles. The van der Waals surface area contributed by atoms with Gasteiger partial charge in [0.2, 0.25) is 11.7 Å². The number of nitrogens with one attached hydrogen (secondary N) is 2. The van der Waals surface area contributed by atoms with Crippen molar-refractivity contribution in [2.75, 3.05) is 25.0 Å². The van der Waals surface area contributed by atoms with Gasteiger partial charge in [0, 0.05) is 42.5 Å². The van der Waals surface area contributed by atoms with Gasteiger partial charge in [-0.15, -0.1) is 24.0 Å². The molecule has 2 aromatic carbocycles. The molecular weight excluding hydrogens is 546 g/mol. The third kappa shape index (κ3) is 6.32. The van der Waals surface area contributed by atoms with Crippen LogP contribution in [0.5, 0.6) is 0 Å². The Bertz CT molecular complexity index is 1040. The lowest BCUT2D eigenvalue weighted by Gasteiger charge is -2.34. The predicted octanol–water partition coefficient (Wildman–Crippen LogP) is 4.48. The van der Waals surface area contributed by atoms with Gasteiger partial charge in [-0.2, -0.15) is 4.98 Å². The fourth-order valence-electron chi connectivity index (χ4n) is 3.55. The highest BCUT2D eigenvalue weighted by molar-refractivity contribution is 14.0. The molecule has 32 heavy (non-hydrogen) atoms. The second kappa shape index (κ2) is 11.5. The maximum Gasteiger partial charge on any atom is 0.246 e. The summed E-state index contributed by atoms with van der Waals surface area (Å²) in [5, 5.41) is 11.3. The quantitative estimate of drug-likeness (QED) is 0.268. The smallest absolute Gasteiger partial charge is 0.246 e. The minimum Gasteiger partial charge on any atom is -0.371 e. The van der Waals surface area contributed by atoms with Gasteiger partial charge in [-0.3, -0.25) is 4.99 Å². The highest BCUT2D eigenvalue weighted by atomic mass is 127. The van der Waals surface area contributed by atoms with Crippen molar-refractivity contribution in [1.82, 2.24) is 20.8 Å². The molecule has 1 aliphatic heterocycles. The summed E-state index contributed by atoms with van der Waals surface area (Å²) in [7, 11) is 1.73. The van der Waals surface area contributed by atoms with Crippen LogP contribution in [0.15, 0.2) is 58.0 Å². The van der Waals surface area contributed by atoms with Crippen molar-refractivity contribution in [3.63, 3.8) is 0 Å². The highest BCUT2D eigenvalue weighted by Crippen LogP contribution is 2.21. The minimum absolute atomic E-state index is 0. The molecule has 3 aromatic rings. The number of rotatable bonds is 5. The van der Waals surface area contributed by atoms with Crippen molar-refractivity contribution in [2.45, 2.75) is 25.4 Å². The third-order valence-corrected chi connectivity index (χ3v) is 5.46. The van der Waals surface area contributed by atoms with E-state index < -0.39 is 0 Å². The number of aliphatic imine (C=N–C) groups is 1. The lowest BCUT2D eigenvalue weighted by atomic mass is 10.0. The Balaban J connectivity index is 0.00000289. The summed E-state index contributed by atoms with van der Waals surface area (Å²) < 4.78 is 18.8. The van der Waals surface area contributed by atoms with Gasteiger partial charge in [-0.25, -0.2) is 4.39 Å². The number of hydrogen-bond donors (Lipinski definition) is 2. The molecule has 0 unspecified atom stereocenters. The largest absolute Gasteiger partial charge is 0.371 e. The summed E-state index contributed by atoms with van der Waals surface area (Å²) in [6, 6.07) is 14.3. The van der Waals surface area contributed by atoms with E-state index in [4.69, 9.17) is 16.1 Å². The highest BCUT2D eigenvalue weighted by Gasteiger charge is 2.20. The average molecular weight is 571 g/mol. The van der Waals surface area contributed by atoms with E-state index in [-0.39, 0.29) is 35.8 Å². The molecule has 0 radical (unpaired) electrons. The van der Waals surface area contributed by atoms with Crippen LogP contribution in [0.3, 0.4) is 0 Å². The van der Waals surface area contributed by atoms with Crippen LogP contribution in [-0.4, -0.2) is 42.3 Å². The lowest BCUT2D eigenvalue weighted by Crippen LogP contribution is -2.48. The number of piperidine rings is 1. The van der Waals surface area contributed by atoms with Crippen molar-refractivity contribution in [2.24, 2.45) is 4.99 Å². The number of aromatic nitrogens is 2. The van der Waals surface area contributed by atoms with Gasteiger partial charge in [0.1, 0.15) is 5.82 Å². The monoisotopic (exact) mass is 570 g/mol. The molecule has 1 fully saturated rings. The van der Waals surface area contributed by atoms with Crippen molar-refractivity contribution in [1.29, 1.82) is 0 Å². The molecule has 0 spiro atoms. The van der Waals surface area contributed by atoms with Crippen LogP contribution >= 0.6 is 35.6 Å². The fourth-order valence-corrected chi connectivity index (χ4v) is 3.67. The van der Waals surface area contributed by atoms with Crippen LogP contribution in [0.1, 0.15) is 18.7 Å². The zero-order valence-electron chi connectivity index (χ0n) is 17.6. The standard InChI is InChI=1S/C22H24ClFN6O.HI/c1-25-22(26-14-20-28-21(29-31-20)15-5-7-16(23)8-6-15)27-18-9-11-30(12-10-18)19-4-2-3-17(24)13-19;/h2-8,13,18H,9-12,14H2,1H3,(H2,25,26,27);1H. The normalized spacial score (nSPS) is 14.7. The van der Waals surface area contributed by atoms with Gasteiger partial charge >= 0.3 is 0 Å². The van der Waals surface area contributed by atoms with Crippen molar-refractivity contribution < 1.29 is 8.91 Å². The van der Waals surface area contributed by atoms with Crippen molar-refractivity contribution >= 4 is 47.2 Å². The molecule has 0 atom stereocenters. The van der Waals surface area contributed by atoms with Crippen molar-refractivity contribution in [3.8, 4) is 11.4 Å². The molecule has 2 heterocycles. The van der Waals surface area contributed by atoms with Gasteiger partial charge < -0.3 is 20.1 Å². The lowest BCUT2D eigenvalue weighted by molar-refractivity contribution is 0.374. The molecule has 10 heteroatoms. The van der Waals surface area contributed by atoms with Crippen LogP contribution in [0, 0.1) is 5.82 Å². The average Bonchev–Trinajstić information content (AvgIpc) is 3.26. The molecule has 170 valence electrons. The predicted molar refractivity (Wildman–Crippen MR) is 135 cm³/mol. The first-order valence-corrected chi connectivity index (χ1v) is 10.5. The first-order chi connectivity index (χ1) is 15.1. The second-order valence-electron chi connectivity index (χ2n) is 7.33.